The van der Waals surface area contributed by atoms with Crippen LogP contribution in [0.15, 0.2) is 12.3 Å². The average Bonchev–Trinajstić information content (AvgIpc) is 1.86. The summed E-state index contributed by atoms with van der Waals surface area (Å²) in [7, 11) is 0. The largest absolute Gasteiger partial charge is 0.405 e. The standard InChI is InChI=1S/C9H19NS/c1-8(9(2,3)4)11-7-5-6-10/h5-6,8H,7,10H2,1-4H3/b6-5+. The first kappa shape index (κ1) is 10.9. The van der Waals surface area contributed by atoms with Crippen molar-refractivity contribution in [3.8, 4) is 0 Å². The molecule has 0 heterocycles. The minimum atomic E-state index is 0.396. The third kappa shape index (κ3) is 5.19. The van der Waals surface area contributed by atoms with E-state index in [4.69, 9.17) is 5.73 Å². The van der Waals surface area contributed by atoms with E-state index in [0.717, 1.165) is 5.75 Å². The zero-order valence-electron chi connectivity index (χ0n) is 7.92. The van der Waals surface area contributed by atoms with E-state index in [-0.39, 0.29) is 0 Å². The summed E-state index contributed by atoms with van der Waals surface area (Å²) in [4.78, 5) is 0. The first-order valence-corrected chi connectivity index (χ1v) is 5.01. The molecule has 1 unspecified atom stereocenters. The molecule has 0 aliphatic rings. The number of hydrogen-bond donors (Lipinski definition) is 1. The van der Waals surface area contributed by atoms with Crippen molar-refractivity contribution in [2.24, 2.45) is 11.1 Å². The molecule has 2 heteroatoms. The molecule has 0 saturated carbocycles. The van der Waals surface area contributed by atoms with Gasteiger partial charge < -0.3 is 5.73 Å². The van der Waals surface area contributed by atoms with Gasteiger partial charge in [0.2, 0.25) is 0 Å². The van der Waals surface area contributed by atoms with E-state index in [1.165, 1.54) is 0 Å². The minimum absolute atomic E-state index is 0.396. The zero-order valence-corrected chi connectivity index (χ0v) is 8.74. The number of thioether (sulfide) groups is 1. The third-order valence-corrected chi connectivity index (χ3v) is 3.39. The summed E-state index contributed by atoms with van der Waals surface area (Å²) in [6.07, 6.45) is 3.61. The van der Waals surface area contributed by atoms with Gasteiger partial charge >= 0.3 is 0 Å². The first-order chi connectivity index (χ1) is 4.98. The lowest BCUT2D eigenvalue weighted by Gasteiger charge is -2.26. The maximum absolute atomic E-state index is 5.23. The van der Waals surface area contributed by atoms with Crippen LogP contribution < -0.4 is 5.73 Å². The van der Waals surface area contributed by atoms with E-state index in [1.54, 1.807) is 6.20 Å². The van der Waals surface area contributed by atoms with Crippen molar-refractivity contribution in [1.29, 1.82) is 0 Å². The Morgan fingerprint density at radius 2 is 2.00 bits per heavy atom. The van der Waals surface area contributed by atoms with Gasteiger partial charge in [-0.15, -0.1) is 0 Å². The fraction of sp³-hybridized carbons (Fsp3) is 0.778. The summed E-state index contributed by atoms with van der Waals surface area (Å²) in [5, 5.41) is 0.679. The van der Waals surface area contributed by atoms with Crippen LogP contribution in [-0.4, -0.2) is 11.0 Å². The summed E-state index contributed by atoms with van der Waals surface area (Å²) < 4.78 is 0. The molecule has 0 aliphatic heterocycles. The molecule has 0 bridgehead atoms. The average molecular weight is 173 g/mol. The topological polar surface area (TPSA) is 26.0 Å². The highest BCUT2D eigenvalue weighted by molar-refractivity contribution is 8.00. The lowest BCUT2D eigenvalue weighted by Crippen LogP contribution is -2.19. The van der Waals surface area contributed by atoms with Gasteiger partial charge in [-0.25, -0.2) is 0 Å². The monoisotopic (exact) mass is 173 g/mol. The highest BCUT2D eigenvalue weighted by Crippen LogP contribution is 2.29. The predicted octanol–water partition coefficient (Wildman–Crippen LogP) is 2.63. The lowest BCUT2D eigenvalue weighted by atomic mass is 9.93. The van der Waals surface area contributed by atoms with Crippen LogP contribution in [0.5, 0.6) is 0 Å². The van der Waals surface area contributed by atoms with Gasteiger partial charge in [-0.05, 0) is 11.6 Å². The van der Waals surface area contributed by atoms with Crippen LogP contribution >= 0.6 is 11.8 Å². The third-order valence-electron chi connectivity index (χ3n) is 1.80. The fourth-order valence-electron chi connectivity index (χ4n) is 0.505. The van der Waals surface area contributed by atoms with Gasteiger partial charge in [-0.1, -0.05) is 33.8 Å². The van der Waals surface area contributed by atoms with Gasteiger partial charge in [-0.3, -0.25) is 0 Å². The highest BCUT2D eigenvalue weighted by Gasteiger charge is 2.19. The van der Waals surface area contributed by atoms with E-state index in [9.17, 15) is 0 Å². The summed E-state index contributed by atoms with van der Waals surface area (Å²) in [5.41, 5.74) is 5.63. The van der Waals surface area contributed by atoms with Crippen LogP contribution in [-0.2, 0) is 0 Å². The molecule has 0 fully saturated rings. The van der Waals surface area contributed by atoms with Gasteiger partial charge in [0, 0.05) is 11.0 Å². The summed E-state index contributed by atoms with van der Waals surface area (Å²) in [6.45, 7) is 9.04. The molecule has 0 spiro atoms. The molecule has 11 heavy (non-hydrogen) atoms. The molecule has 2 N–H and O–H groups in total. The molecule has 0 aromatic carbocycles. The molecule has 66 valence electrons. The van der Waals surface area contributed by atoms with Crippen LogP contribution in [0.4, 0.5) is 0 Å². The summed E-state index contributed by atoms with van der Waals surface area (Å²) in [6, 6.07) is 0. The molecule has 0 aromatic rings. The molecule has 0 rings (SSSR count). The molecule has 0 radical (unpaired) electrons. The second-order valence-corrected chi connectivity index (χ2v) is 5.14. The van der Waals surface area contributed by atoms with Gasteiger partial charge in [-0.2, -0.15) is 11.8 Å². The number of nitrogens with two attached hydrogens (primary N) is 1. The summed E-state index contributed by atoms with van der Waals surface area (Å²) >= 11 is 1.94. The van der Waals surface area contributed by atoms with Crippen LogP contribution in [0.25, 0.3) is 0 Å². The molecular weight excluding hydrogens is 154 g/mol. The molecule has 1 nitrogen and oxygen atoms in total. The Morgan fingerprint density at radius 3 is 2.36 bits per heavy atom. The van der Waals surface area contributed by atoms with Crippen LogP contribution in [0.2, 0.25) is 0 Å². The minimum Gasteiger partial charge on any atom is -0.405 e. The molecular formula is C9H19NS. The first-order valence-electron chi connectivity index (χ1n) is 3.97. The quantitative estimate of drug-likeness (QED) is 0.710. The lowest BCUT2D eigenvalue weighted by molar-refractivity contribution is 0.411. The molecule has 0 saturated heterocycles. The SMILES string of the molecule is CC(SC/C=C/N)C(C)(C)C. The highest BCUT2D eigenvalue weighted by atomic mass is 32.2. The molecule has 0 amide bonds. The Hall–Kier alpha value is -0.110. The Balaban J connectivity index is 3.61. The van der Waals surface area contributed by atoms with Crippen molar-refractivity contribution in [1.82, 2.24) is 0 Å². The van der Waals surface area contributed by atoms with Crippen molar-refractivity contribution >= 4 is 11.8 Å². The predicted molar refractivity (Wildman–Crippen MR) is 54.7 cm³/mol. The van der Waals surface area contributed by atoms with Crippen molar-refractivity contribution in [2.45, 2.75) is 32.9 Å². The van der Waals surface area contributed by atoms with E-state index in [0.29, 0.717) is 10.7 Å². The van der Waals surface area contributed by atoms with Crippen molar-refractivity contribution in [3.05, 3.63) is 12.3 Å². The maximum Gasteiger partial charge on any atom is 0.0133 e. The van der Waals surface area contributed by atoms with Gasteiger partial charge in [0.15, 0.2) is 0 Å². The van der Waals surface area contributed by atoms with Gasteiger partial charge in [0.25, 0.3) is 0 Å². The Labute approximate surface area is 74.4 Å². The normalized spacial score (nSPS) is 15.6. The number of hydrogen-bond acceptors (Lipinski definition) is 2. The zero-order chi connectivity index (χ0) is 8.91. The second kappa shape index (κ2) is 4.70. The van der Waals surface area contributed by atoms with E-state index < -0.39 is 0 Å². The maximum atomic E-state index is 5.23. The number of rotatable bonds is 3. The Bertz CT molecular complexity index is 124. The van der Waals surface area contributed by atoms with Gasteiger partial charge in [0.05, 0.1) is 0 Å². The van der Waals surface area contributed by atoms with Crippen molar-refractivity contribution in [3.63, 3.8) is 0 Å². The Kier molecular flexibility index (Phi) is 4.66. The van der Waals surface area contributed by atoms with E-state index in [2.05, 4.69) is 27.7 Å². The molecule has 0 aliphatic carbocycles. The van der Waals surface area contributed by atoms with Crippen LogP contribution in [0.1, 0.15) is 27.7 Å². The van der Waals surface area contributed by atoms with Crippen molar-refractivity contribution < 1.29 is 0 Å². The molecule has 0 aromatic heterocycles. The summed E-state index contributed by atoms with van der Waals surface area (Å²) in [5.74, 6) is 1.02. The fourth-order valence-corrected chi connectivity index (χ4v) is 1.52. The van der Waals surface area contributed by atoms with E-state index in [1.807, 2.05) is 17.8 Å². The van der Waals surface area contributed by atoms with Crippen molar-refractivity contribution in [2.75, 3.05) is 5.75 Å². The smallest absolute Gasteiger partial charge is 0.0133 e. The Morgan fingerprint density at radius 1 is 1.45 bits per heavy atom. The second-order valence-electron chi connectivity index (χ2n) is 3.77. The van der Waals surface area contributed by atoms with Crippen LogP contribution in [0, 0.1) is 5.41 Å². The van der Waals surface area contributed by atoms with E-state index >= 15 is 0 Å². The van der Waals surface area contributed by atoms with Crippen LogP contribution in [0.3, 0.4) is 0 Å². The molecule has 1 atom stereocenters. The van der Waals surface area contributed by atoms with Gasteiger partial charge in [0.1, 0.15) is 0 Å².